The molecule has 6 nitrogen and oxygen atoms in total. The lowest BCUT2D eigenvalue weighted by Gasteiger charge is -2.39. The Morgan fingerprint density at radius 3 is 2.87 bits per heavy atom. The first-order valence-electron chi connectivity index (χ1n) is 8.39. The van der Waals surface area contributed by atoms with E-state index in [9.17, 15) is 9.59 Å². The van der Waals surface area contributed by atoms with E-state index >= 15 is 0 Å². The van der Waals surface area contributed by atoms with Gasteiger partial charge in [0.2, 0.25) is 5.91 Å². The van der Waals surface area contributed by atoms with Gasteiger partial charge in [-0.25, -0.2) is 9.78 Å². The fourth-order valence-electron chi connectivity index (χ4n) is 3.75. The van der Waals surface area contributed by atoms with E-state index in [0.29, 0.717) is 19.0 Å². The molecule has 0 spiro atoms. The van der Waals surface area contributed by atoms with Crippen LogP contribution in [0.4, 0.5) is 4.79 Å². The molecule has 2 saturated heterocycles. The number of nitrogens with one attached hydrogen (secondary N) is 1. The maximum absolute atomic E-state index is 12.4. The molecule has 2 aliphatic heterocycles. The average Bonchev–Trinajstić information content (AvgIpc) is 3.07. The number of nitrogens with zero attached hydrogens (tertiary/aromatic N) is 3. The van der Waals surface area contributed by atoms with Crippen LogP contribution in [0.5, 0.6) is 0 Å². The normalized spacial score (nSPS) is 27.3. The van der Waals surface area contributed by atoms with Crippen LogP contribution in [0.1, 0.15) is 42.8 Å². The summed E-state index contributed by atoms with van der Waals surface area (Å²) >= 11 is 1.62. The molecule has 0 radical (unpaired) electrons. The minimum absolute atomic E-state index is 0.0544. The molecule has 124 valence electrons. The molecule has 23 heavy (non-hydrogen) atoms. The van der Waals surface area contributed by atoms with Crippen molar-refractivity contribution >= 4 is 23.3 Å². The van der Waals surface area contributed by atoms with Crippen LogP contribution in [0.2, 0.25) is 0 Å². The van der Waals surface area contributed by atoms with Crippen LogP contribution in [-0.4, -0.2) is 51.4 Å². The minimum Gasteiger partial charge on any atom is -0.335 e. The number of aromatic nitrogens is 1. The van der Waals surface area contributed by atoms with Crippen LogP contribution >= 0.6 is 11.3 Å². The third-order valence-corrected chi connectivity index (χ3v) is 5.87. The van der Waals surface area contributed by atoms with E-state index in [1.54, 1.807) is 11.3 Å². The van der Waals surface area contributed by atoms with Gasteiger partial charge in [-0.15, -0.1) is 11.3 Å². The molecule has 2 atom stereocenters. The predicted octanol–water partition coefficient (Wildman–Crippen LogP) is 1.89. The standard InChI is InChI=1S/C16H22N4O2S/c1-10-17-12(9-23-10)8-20-14-6-7-19(13(14)4-5-15(20)21)16(22)18-11-2-3-11/h9,11,13-14H,2-8H2,1H3,(H,18,22)/t13-,14-/m1/s1. The molecule has 0 aromatic carbocycles. The molecule has 1 aromatic rings. The molecule has 3 amide bonds. The van der Waals surface area contributed by atoms with Gasteiger partial charge < -0.3 is 15.1 Å². The van der Waals surface area contributed by atoms with Crippen molar-refractivity contribution in [3.63, 3.8) is 0 Å². The number of likely N-dealkylation sites (tertiary alicyclic amines) is 2. The van der Waals surface area contributed by atoms with Gasteiger partial charge in [0.15, 0.2) is 0 Å². The topological polar surface area (TPSA) is 65.5 Å². The fraction of sp³-hybridized carbons (Fsp3) is 0.688. The number of aryl methyl sites for hydroxylation is 1. The Balaban J connectivity index is 1.47. The zero-order valence-corrected chi connectivity index (χ0v) is 14.1. The lowest BCUT2D eigenvalue weighted by atomic mass is 9.96. The summed E-state index contributed by atoms with van der Waals surface area (Å²) in [7, 11) is 0. The first-order valence-corrected chi connectivity index (χ1v) is 9.27. The molecule has 1 N–H and O–H groups in total. The van der Waals surface area contributed by atoms with Crippen molar-refractivity contribution in [2.75, 3.05) is 6.54 Å². The molecule has 1 saturated carbocycles. The zero-order valence-electron chi connectivity index (χ0n) is 13.3. The summed E-state index contributed by atoms with van der Waals surface area (Å²) in [5.74, 6) is 0.196. The second-order valence-corrected chi connectivity index (χ2v) is 7.82. The summed E-state index contributed by atoms with van der Waals surface area (Å²) in [5.41, 5.74) is 0.961. The van der Waals surface area contributed by atoms with Gasteiger partial charge in [-0.1, -0.05) is 0 Å². The van der Waals surface area contributed by atoms with Crippen molar-refractivity contribution in [3.05, 3.63) is 16.1 Å². The van der Waals surface area contributed by atoms with Gasteiger partial charge in [-0.2, -0.15) is 0 Å². The third-order valence-electron chi connectivity index (χ3n) is 5.05. The number of hydrogen-bond acceptors (Lipinski definition) is 4. The van der Waals surface area contributed by atoms with E-state index in [-0.39, 0.29) is 24.0 Å². The SMILES string of the molecule is Cc1nc(CN2C(=O)CC[C@@H]3[C@H]2CCN3C(=O)NC2CC2)cs1. The van der Waals surface area contributed by atoms with Gasteiger partial charge in [0.1, 0.15) is 0 Å². The maximum Gasteiger partial charge on any atom is 0.317 e. The summed E-state index contributed by atoms with van der Waals surface area (Å²) in [6.07, 6.45) is 4.38. The second-order valence-electron chi connectivity index (χ2n) is 6.76. The number of carbonyl (C=O) groups is 2. The largest absolute Gasteiger partial charge is 0.335 e. The Labute approximate surface area is 139 Å². The number of hydrogen-bond donors (Lipinski definition) is 1. The predicted molar refractivity (Wildman–Crippen MR) is 87.1 cm³/mol. The van der Waals surface area contributed by atoms with E-state index in [2.05, 4.69) is 10.3 Å². The van der Waals surface area contributed by atoms with Crippen LogP contribution in [0.15, 0.2) is 5.38 Å². The first kappa shape index (κ1) is 14.9. The van der Waals surface area contributed by atoms with Gasteiger partial charge in [0.25, 0.3) is 0 Å². The fourth-order valence-corrected chi connectivity index (χ4v) is 4.35. The highest BCUT2D eigenvalue weighted by molar-refractivity contribution is 7.09. The summed E-state index contributed by atoms with van der Waals surface area (Å²) < 4.78 is 0. The van der Waals surface area contributed by atoms with E-state index in [0.717, 1.165) is 42.9 Å². The van der Waals surface area contributed by atoms with Gasteiger partial charge in [-0.3, -0.25) is 4.79 Å². The van der Waals surface area contributed by atoms with Gasteiger partial charge >= 0.3 is 6.03 Å². The van der Waals surface area contributed by atoms with Crippen LogP contribution < -0.4 is 5.32 Å². The Bertz CT molecular complexity index is 627. The zero-order chi connectivity index (χ0) is 16.0. The Hall–Kier alpha value is -1.63. The van der Waals surface area contributed by atoms with Crippen molar-refractivity contribution in [3.8, 4) is 0 Å². The van der Waals surface area contributed by atoms with Gasteiger partial charge in [0, 0.05) is 24.4 Å². The van der Waals surface area contributed by atoms with Crippen molar-refractivity contribution in [1.29, 1.82) is 0 Å². The number of carbonyl (C=O) groups excluding carboxylic acids is 2. The molecule has 1 aromatic heterocycles. The lowest BCUT2D eigenvalue weighted by Crippen LogP contribution is -2.54. The van der Waals surface area contributed by atoms with Crippen molar-refractivity contribution < 1.29 is 9.59 Å². The summed E-state index contributed by atoms with van der Waals surface area (Å²) in [5, 5.41) is 6.13. The quantitative estimate of drug-likeness (QED) is 0.918. The van der Waals surface area contributed by atoms with Crippen molar-refractivity contribution in [2.24, 2.45) is 0 Å². The number of piperidine rings is 1. The Morgan fingerprint density at radius 2 is 2.17 bits per heavy atom. The van der Waals surface area contributed by atoms with Crippen LogP contribution in [0.3, 0.4) is 0 Å². The maximum atomic E-state index is 12.4. The molecule has 0 unspecified atom stereocenters. The van der Waals surface area contributed by atoms with Crippen LogP contribution in [0, 0.1) is 6.92 Å². The highest BCUT2D eigenvalue weighted by Gasteiger charge is 2.45. The Morgan fingerprint density at radius 1 is 1.35 bits per heavy atom. The molecule has 7 heteroatoms. The average molecular weight is 334 g/mol. The molecule has 3 fully saturated rings. The molecule has 3 heterocycles. The molecular weight excluding hydrogens is 312 g/mol. The van der Waals surface area contributed by atoms with Crippen LogP contribution in [0.25, 0.3) is 0 Å². The van der Waals surface area contributed by atoms with E-state index in [1.807, 2.05) is 22.1 Å². The van der Waals surface area contributed by atoms with E-state index in [1.165, 1.54) is 0 Å². The van der Waals surface area contributed by atoms with Gasteiger partial charge in [0.05, 0.1) is 29.3 Å². The number of rotatable bonds is 3. The van der Waals surface area contributed by atoms with Crippen molar-refractivity contribution in [1.82, 2.24) is 20.1 Å². The molecule has 3 aliphatic rings. The minimum atomic E-state index is 0.0544. The molecule has 0 bridgehead atoms. The van der Waals surface area contributed by atoms with E-state index in [4.69, 9.17) is 0 Å². The number of urea groups is 1. The van der Waals surface area contributed by atoms with Gasteiger partial charge in [-0.05, 0) is 32.6 Å². The highest BCUT2D eigenvalue weighted by atomic mass is 32.1. The third kappa shape index (κ3) is 2.94. The first-order chi connectivity index (χ1) is 11.1. The van der Waals surface area contributed by atoms with E-state index < -0.39 is 0 Å². The van der Waals surface area contributed by atoms with Crippen molar-refractivity contribution in [2.45, 2.75) is 63.7 Å². The monoisotopic (exact) mass is 334 g/mol. The summed E-state index contributed by atoms with van der Waals surface area (Å²) in [6.45, 7) is 3.30. The lowest BCUT2D eigenvalue weighted by molar-refractivity contribution is -0.138. The molecule has 4 rings (SSSR count). The smallest absolute Gasteiger partial charge is 0.317 e. The molecular formula is C16H22N4O2S. The highest BCUT2D eigenvalue weighted by Crippen LogP contribution is 2.33. The summed E-state index contributed by atoms with van der Waals surface area (Å²) in [6, 6.07) is 0.731. The second kappa shape index (κ2) is 5.78. The number of thiazole rings is 1. The Kier molecular flexibility index (Phi) is 3.75. The summed E-state index contributed by atoms with van der Waals surface area (Å²) in [4.78, 5) is 33.2. The van der Waals surface area contributed by atoms with Crippen LogP contribution in [-0.2, 0) is 11.3 Å². The molecule has 1 aliphatic carbocycles. The number of fused-ring (bicyclic) bond motifs is 1. The number of amides is 3.